The van der Waals surface area contributed by atoms with Gasteiger partial charge in [0.25, 0.3) is 17.8 Å². The van der Waals surface area contributed by atoms with E-state index in [0.29, 0.717) is 38.6 Å². The van der Waals surface area contributed by atoms with E-state index >= 15 is 0 Å². The van der Waals surface area contributed by atoms with Crippen molar-refractivity contribution in [1.82, 2.24) is 0 Å². The third-order valence-corrected chi connectivity index (χ3v) is 6.30. The van der Waals surface area contributed by atoms with E-state index in [1.54, 1.807) is 40.6 Å². The molecule has 0 saturated carbocycles. The van der Waals surface area contributed by atoms with E-state index in [1.807, 2.05) is 26.0 Å². The molecule has 1 aliphatic heterocycles. The Balaban J connectivity index is 0.00000132. The predicted molar refractivity (Wildman–Crippen MR) is 128 cm³/mol. The molecule has 2 aromatic heterocycles. The Morgan fingerprint density at radius 2 is 1.81 bits per heavy atom. The maximum atomic E-state index is 12.7. The Morgan fingerprint density at radius 1 is 1.06 bits per heavy atom. The quantitative estimate of drug-likeness (QED) is 0.436. The van der Waals surface area contributed by atoms with Gasteiger partial charge in [-0.05, 0) is 47.8 Å². The summed E-state index contributed by atoms with van der Waals surface area (Å²) in [6.07, 6.45) is 0. The number of thiophene rings is 2. The topological polar surface area (TPSA) is 94.5 Å². The van der Waals surface area contributed by atoms with E-state index < -0.39 is 0 Å². The minimum atomic E-state index is -0.315. The molecule has 7 nitrogen and oxygen atoms in total. The second kappa shape index (κ2) is 10.4. The highest BCUT2D eigenvalue weighted by Crippen LogP contribution is 2.27. The molecule has 1 saturated heterocycles. The van der Waals surface area contributed by atoms with Gasteiger partial charge >= 0.3 is 0 Å². The molecule has 3 aromatic rings. The van der Waals surface area contributed by atoms with Crippen LogP contribution in [0.3, 0.4) is 0 Å². The van der Waals surface area contributed by atoms with Gasteiger partial charge in [0, 0.05) is 11.4 Å². The molecule has 1 aliphatic rings. The van der Waals surface area contributed by atoms with Crippen LogP contribution in [-0.4, -0.2) is 31.0 Å². The van der Waals surface area contributed by atoms with Crippen LogP contribution in [0.25, 0.3) is 0 Å². The van der Waals surface area contributed by atoms with Crippen molar-refractivity contribution in [3.05, 3.63) is 61.9 Å². The van der Waals surface area contributed by atoms with Crippen LogP contribution in [0.5, 0.6) is 0 Å². The van der Waals surface area contributed by atoms with Crippen LogP contribution >= 0.6 is 34.3 Å². The molecule has 162 valence electrons. The molecule has 0 radical (unpaired) electrons. The number of nitrogens with one attached hydrogen (secondary N) is 3. The maximum Gasteiger partial charge on any atom is 0.289 e. The Morgan fingerprint density at radius 3 is 2.42 bits per heavy atom. The van der Waals surface area contributed by atoms with E-state index in [1.165, 1.54) is 22.7 Å². The summed E-state index contributed by atoms with van der Waals surface area (Å²) < 4.78 is 5.67. The summed E-state index contributed by atoms with van der Waals surface area (Å²) >= 11 is 8.29. The molecule has 0 unspecified atom stereocenters. The number of benzene rings is 1. The van der Waals surface area contributed by atoms with E-state index in [-0.39, 0.29) is 17.8 Å². The molecule has 3 heterocycles. The third kappa shape index (κ3) is 5.43. The fraction of sp³-hybridized carbons (Fsp3) is 0.190. The smallest absolute Gasteiger partial charge is 0.289 e. The van der Waals surface area contributed by atoms with Gasteiger partial charge in [-0.2, -0.15) is 0 Å². The number of halogens is 1. The lowest BCUT2D eigenvalue weighted by Gasteiger charge is -2.15. The summed E-state index contributed by atoms with van der Waals surface area (Å²) in [5.74, 6) is -0.626. The van der Waals surface area contributed by atoms with Crippen molar-refractivity contribution in [3.63, 3.8) is 0 Å². The summed E-state index contributed by atoms with van der Waals surface area (Å²) in [4.78, 5) is 27.6. The lowest BCUT2D eigenvalue weighted by molar-refractivity contribution is 0.103. The van der Waals surface area contributed by atoms with Crippen LogP contribution in [0.1, 0.15) is 33.2 Å². The minimum Gasteiger partial charge on any atom is -0.463 e. The zero-order valence-electron chi connectivity index (χ0n) is 16.9. The van der Waals surface area contributed by atoms with Crippen molar-refractivity contribution in [2.45, 2.75) is 13.8 Å². The second-order valence-electron chi connectivity index (χ2n) is 6.03. The summed E-state index contributed by atoms with van der Waals surface area (Å²) in [7, 11) is 0. The Hall–Kier alpha value is -2.88. The lowest BCUT2D eigenvalue weighted by Crippen LogP contribution is -2.23. The standard InChI is InChI=1S/C19H15ClN4O3S2.C2H6/c20-15-6-5-14(29-15)17(25)23-13-7-10-28-16(13)18(26)22-11-1-3-12(4-2-11)24-8-9-27-19(24)21;1-2/h1-7,10,21H,8-9H2,(H,22,26)(H,23,25);1-2H3. The van der Waals surface area contributed by atoms with Crippen LogP contribution in [0.15, 0.2) is 47.8 Å². The first-order chi connectivity index (χ1) is 15.0. The molecule has 0 spiro atoms. The highest BCUT2D eigenvalue weighted by molar-refractivity contribution is 7.18. The number of carbonyl (C=O) groups excluding carboxylic acids is 2. The van der Waals surface area contributed by atoms with Gasteiger partial charge in [0.2, 0.25) is 0 Å². The molecular weight excluding hydrogens is 456 g/mol. The van der Waals surface area contributed by atoms with Gasteiger partial charge in [0.15, 0.2) is 0 Å². The van der Waals surface area contributed by atoms with Crippen molar-refractivity contribution in [3.8, 4) is 0 Å². The molecule has 2 amide bonds. The molecule has 4 rings (SSSR count). The van der Waals surface area contributed by atoms with Gasteiger partial charge in [0.05, 0.1) is 21.4 Å². The summed E-state index contributed by atoms with van der Waals surface area (Å²) in [6.45, 7) is 5.11. The third-order valence-electron chi connectivity index (χ3n) is 4.15. The van der Waals surface area contributed by atoms with Gasteiger partial charge in [-0.15, -0.1) is 22.7 Å². The minimum absolute atomic E-state index is 0.118. The van der Waals surface area contributed by atoms with Gasteiger partial charge in [-0.1, -0.05) is 25.4 Å². The van der Waals surface area contributed by atoms with Crippen molar-refractivity contribution in [2.75, 3.05) is 28.7 Å². The fourth-order valence-electron chi connectivity index (χ4n) is 2.78. The van der Waals surface area contributed by atoms with E-state index in [2.05, 4.69) is 10.6 Å². The number of carbonyl (C=O) groups is 2. The Labute approximate surface area is 193 Å². The van der Waals surface area contributed by atoms with Crippen LogP contribution in [0.4, 0.5) is 17.1 Å². The molecule has 10 heteroatoms. The Bertz CT molecular complexity index is 1080. The first-order valence-electron chi connectivity index (χ1n) is 9.56. The first kappa shape index (κ1) is 22.8. The highest BCUT2D eigenvalue weighted by Gasteiger charge is 2.20. The highest BCUT2D eigenvalue weighted by atomic mass is 35.5. The molecule has 0 bridgehead atoms. The Kier molecular flexibility index (Phi) is 7.67. The number of nitrogens with zero attached hydrogens (tertiary/aromatic N) is 1. The number of amides is 2. The molecule has 31 heavy (non-hydrogen) atoms. The van der Waals surface area contributed by atoms with Gasteiger partial charge in [0.1, 0.15) is 11.5 Å². The van der Waals surface area contributed by atoms with Crippen molar-refractivity contribution >= 4 is 69.2 Å². The number of rotatable bonds is 5. The number of amidine groups is 1. The molecule has 1 fully saturated rings. The summed E-state index contributed by atoms with van der Waals surface area (Å²) in [6, 6.07) is 12.3. The molecule has 0 atom stereocenters. The average Bonchev–Trinajstić information content (AvgIpc) is 3.51. The molecule has 3 N–H and O–H groups in total. The molecular formula is C21H21ClN4O3S2. The van der Waals surface area contributed by atoms with Gasteiger partial charge < -0.3 is 15.4 Å². The van der Waals surface area contributed by atoms with E-state index in [9.17, 15) is 9.59 Å². The largest absolute Gasteiger partial charge is 0.463 e. The monoisotopic (exact) mass is 476 g/mol. The SMILES string of the molecule is CC.N=C1OCCN1c1ccc(NC(=O)c2sccc2NC(=O)c2ccc(Cl)s2)cc1. The number of hydrogen-bond acceptors (Lipinski definition) is 6. The van der Waals surface area contributed by atoms with Gasteiger partial charge in [-0.3, -0.25) is 19.9 Å². The zero-order chi connectivity index (χ0) is 22.4. The number of anilines is 3. The van der Waals surface area contributed by atoms with E-state index in [4.69, 9.17) is 21.7 Å². The summed E-state index contributed by atoms with van der Waals surface area (Å²) in [5, 5.41) is 15.1. The normalized spacial score (nSPS) is 12.6. The lowest BCUT2D eigenvalue weighted by atomic mass is 10.2. The summed E-state index contributed by atoms with van der Waals surface area (Å²) in [5.41, 5.74) is 1.88. The van der Waals surface area contributed by atoms with Crippen LogP contribution in [0, 0.1) is 5.41 Å². The van der Waals surface area contributed by atoms with Crippen molar-refractivity contribution < 1.29 is 14.3 Å². The van der Waals surface area contributed by atoms with Crippen LogP contribution < -0.4 is 15.5 Å². The number of ether oxygens (including phenoxy) is 1. The molecule has 0 aliphatic carbocycles. The van der Waals surface area contributed by atoms with Gasteiger partial charge in [-0.25, -0.2) is 0 Å². The van der Waals surface area contributed by atoms with Crippen molar-refractivity contribution in [2.24, 2.45) is 0 Å². The maximum absolute atomic E-state index is 12.7. The van der Waals surface area contributed by atoms with Crippen LogP contribution in [0.2, 0.25) is 4.34 Å². The average molecular weight is 477 g/mol. The first-order valence-corrected chi connectivity index (χ1v) is 11.6. The van der Waals surface area contributed by atoms with Crippen molar-refractivity contribution in [1.29, 1.82) is 5.41 Å². The second-order valence-corrected chi connectivity index (χ2v) is 8.66. The van der Waals surface area contributed by atoms with E-state index in [0.717, 1.165) is 5.69 Å². The fourth-order valence-corrected chi connectivity index (χ4v) is 4.46. The number of hydrogen-bond donors (Lipinski definition) is 3. The molecule has 1 aromatic carbocycles. The zero-order valence-corrected chi connectivity index (χ0v) is 19.3. The predicted octanol–water partition coefficient (Wildman–Crippen LogP) is 5.77. The van der Waals surface area contributed by atoms with Crippen LogP contribution in [-0.2, 0) is 4.74 Å².